The summed E-state index contributed by atoms with van der Waals surface area (Å²) in [5.74, 6) is 0.291. The number of hydrogen-bond acceptors (Lipinski definition) is 3. The Kier molecular flexibility index (Phi) is 3.55. The molecule has 1 aliphatic rings. The molecule has 104 valence electrons. The third kappa shape index (κ3) is 2.23. The molecule has 0 radical (unpaired) electrons. The van der Waals surface area contributed by atoms with Crippen molar-refractivity contribution in [1.82, 2.24) is 4.98 Å². The monoisotopic (exact) mass is 268 g/mol. The molecule has 1 fully saturated rings. The Morgan fingerprint density at radius 1 is 1.25 bits per heavy atom. The van der Waals surface area contributed by atoms with E-state index in [4.69, 9.17) is 10.5 Å². The van der Waals surface area contributed by atoms with Gasteiger partial charge in [-0.2, -0.15) is 0 Å². The fourth-order valence-electron chi connectivity index (χ4n) is 3.20. The smallest absolute Gasteiger partial charge is 0.0644 e. The van der Waals surface area contributed by atoms with E-state index in [9.17, 15) is 0 Å². The van der Waals surface area contributed by atoms with Crippen molar-refractivity contribution < 1.29 is 4.74 Å². The SMILES string of the molecule is COC1CC(N)(c2cccnc2)C1Cc1ccccc1. The number of rotatable bonds is 4. The maximum atomic E-state index is 6.66. The van der Waals surface area contributed by atoms with Crippen molar-refractivity contribution in [3.05, 3.63) is 66.0 Å². The van der Waals surface area contributed by atoms with Gasteiger partial charge in [0.25, 0.3) is 0 Å². The van der Waals surface area contributed by atoms with Crippen molar-refractivity contribution in [3.63, 3.8) is 0 Å². The van der Waals surface area contributed by atoms with Gasteiger partial charge in [-0.05, 0) is 30.0 Å². The molecule has 3 nitrogen and oxygen atoms in total. The summed E-state index contributed by atoms with van der Waals surface area (Å²) >= 11 is 0. The van der Waals surface area contributed by atoms with Crippen LogP contribution in [0.5, 0.6) is 0 Å². The zero-order valence-corrected chi connectivity index (χ0v) is 11.7. The predicted molar refractivity (Wildman–Crippen MR) is 79.2 cm³/mol. The molecule has 1 aliphatic carbocycles. The van der Waals surface area contributed by atoms with Crippen LogP contribution in [0.1, 0.15) is 17.5 Å². The van der Waals surface area contributed by atoms with E-state index in [2.05, 4.69) is 35.3 Å². The first kappa shape index (κ1) is 13.3. The molecular formula is C17H20N2O. The van der Waals surface area contributed by atoms with Gasteiger partial charge in [0.15, 0.2) is 0 Å². The number of ether oxygens (including phenoxy) is 1. The van der Waals surface area contributed by atoms with E-state index >= 15 is 0 Å². The van der Waals surface area contributed by atoms with Gasteiger partial charge in [-0.1, -0.05) is 36.4 Å². The Morgan fingerprint density at radius 3 is 2.70 bits per heavy atom. The number of nitrogens with zero attached hydrogens (tertiary/aromatic N) is 1. The Balaban J connectivity index is 1.85. The van der Waals surface area contributed by atoms with E-state index in [0.717, 1.165) is 18.4 Å². The summed E-state index contributed by atoms with van der Waals surface area (Å²) in [4.78, 5) is 4.20. The lowest BCUT2D eigenvalue weighted by Crippen LogP contribution is -2.62. The molecule has 0 amide bonds. The first-order chi connectivity index (χ1) is 9.74. The van der Waals surface area contributed by atoms with Gasteiger partial charge in [0.05, 0.1) is 11.6 Å². The lowest BCUT2D eigenvalue weighted by atomic mass is 9.60. The standard InChI is InChI=1S/C17H20N2O/c1-20-16-11-17(18,14-8-5-9-19-12-14)15(16)10-13-6-3-2-4-7-13/h2-9,12,15-16H,10-11,18H2,1H3. The zero-order chi connectivity index (χ0) is 14.0. The molecule has 2 aromatic rings. The van der Waals surface area contributed by atoms with E-state index in [-0.39, 0.29) is 11.6 Å². The van der Waals surface area contributed by atoms with Gasteiger partial charge in [0.2, 0.25) is 0 Å². The lowest BCUT2D eigenvalue weighted by Gasteiger charge is -2.52. The topological polar surface area (TPSA) is 48.1 Å². The van der Waals surface area contributed by atoms with Gasteiger partial charge in [-0.3, -0.25) is 4.98 Å². The van der Waals surface area contributed by atoms with Crippen LogP contribution in [-0.4, -0.2) is 18.2 Å². The van der Waals surface area contributed by atoms with E-state index in [1.54, 1.807) is 13.3 Å². The Labute approximate surface area is 119 Å². The summed E-state index contributed by atoms with van der Waals surface area (Å²) in [5.41, 5.74) is 8.74. The molecule has 3 heteroatoms. The van der Waals surface area contributed by atoms with Crippen LogP contribution in [0.15, 0.2) is 54.9 Å². The number of nitrogens with two attached hydrogens (primary N) is 1. The Hall–Kier alpha value is -1.71. The van der Waals surface area contributed by atoms with E-state index in [0.29, 0.717) is 5.92 Å². The lowest BCUT2D eigenvalue weighted by molar-refractivity contribution is -0.0821. The van der Waals surface area contributed by atoms with Crippen molar-refractivity contribution in [2.45, 2.75) is 24.5 Å². The van der Waals surface area contributed by atoms with Gasteiger partial charge < -0.3 is 10.5 Å². The van der Waals surface area contributed by atoms with Gasteiger partial charge in [-0.15, -0.1) is 0 Å². The fraction of sp³-hybridized carbons (Fsp3) is 0.353. The zero-order valence-electron chi connectivity index (χ0n) is 11.7. The highest BCUT2D eigenvalue weighted by Crippen LogP contribution is 2.47. The third-order valence-electron chi connectivity index (χ3n) is 4.45. The Morgan fingerprint density at radius 2 is 2.05 bits per heavy atom. The molecular weight excluding hydrogens is 248 g/mol. The third-order valence-corrected chi connectivity index (χ3v) is 4.45. The normalized spacial score (nSPS) is 28.9. The molecule has 3 atom stereocenters. The quantitative estimate of drug-likeness (QED) is 0.927. The summed E-state index contributed by atoms with van der Waals surface area (Å²) in [6.45, 7) is 0. The predicted octanol–water partition coefficient (Wildman–Crippen LogP) is 2.51. The molecule has 1 aromatic heterocycles. The minimum Gasteiger partial charge on any atom is -0.381 e. The maximum absolute atomic E-state index is 6.66. The first-order valence-electron chi connectivity index (χ1n) is 7.00. The second-order valence-electron chi connectivity index (χ2n) is 5.56. The highest BCUT2D eigenvalue weighted by Gasteiger charge is 2.52. The van der Waals surface area contributed by atoms with Crippen molar-refractivity contribution >= 4 is 0 Å². The van der Waals surface area contributed by atoms with Crippen LogP contribution in [0.4, 0.5) is 0 Å². The molecule has 1 aromatic carbocycles. The summed E-state index contributed by atoms with van der Waals surface area (Å²) in [6, 6.07) is 14.5. The van der Waals surface area contributed by atoms with E-state index < -0.39 is 0 Å². The molecule has 20 heavy (non-hydrogen) atoms. The molecule has 3 unspecified atom stereocenters. The van der Waals surface area contributed by atoms with Crippen molar-refractivity contribution in [2.75, 3.05) is 7.11 Å². The van der Waals surface area contributed by atoms with Crippen molar-refractivity contribution in [1.29, 1.82) is 0 Å². The van der Waals surface area contributed by atoms with Crippen LogP contribution >= 0.6 is 0 Å². The summed E-state index contributed by atoms with van der Waals surface area (Å²) < 4.78 is 5.59. The number of aromatic nitrogens is 1. The summed E-state index contributed by atoms with van der Waals surface area (Å²) in [7, 11) is 1.77. The minimum atomic E-state index is -0.329. The van der Waals surface area contributed by atoms with Crippen LogP contribution < -0.4 is 5.73 Å². The average Bonchev–Trinajstić information content (AvgIpc) is 2.52. The largest absolute Gasteiger partial charge is 0.381 e. The highest BCUT2D eigenvalue weighted by atomic mass is 16.5. The van der Waals surface area contributed by atoms with Crippen LogP contribution in [-0.2, 0) is 16.7 Å². The van der Waals surface area contributed by atoms with Crippen molar-refractivity contribution in [2.24, 2.45) is 11.7 Å². The van der Waals surface area contributed by atoms with Gasteiger partial charge in [-0.25, -0.2) is 0 Å². The second-order valence-corrected chi connectivity index (χ2v) is 5.56. The molecule has 0 saturated heterocycles. The van der Waals surface area contributed by atoms with Crippen LogP contribution in [0.2, 0.25) is 0 Å². The minimum absolute atomic E-state index is 0.223. The van der Waals surface area contributed by atoms with Crippen LogP contribution in [0.3, 0.4) is 0 Å². The van der Waals surface area contributed by atoms with Gasteiger partial charge in [0, 0.05) is 25.4 Å². The van der Waals surface area contributed by atoms with E-state index in [1.165, 1.54) is 5.56 Å². The van der Waals surface area contributed by atoms with Crippen molar-refractivity contribution in [3.8, 4) is 0 Å². The first-order valence-corrected chi connectivity index (χ1v) is 7.00. The number of pyridine rings is 1. The summed E-state index contributed by atoms with van der Waals surface area (Å²) in [5, 5.41) is 0. The van der Waals surface area contributed by atoms with Crippen LogP contribution in [0, 0.1) is 5.92 Å². The average molecular weight is 268 g/mol. The molecule has 2 N–H and O–H groups in total. The molecule has 1 saturated carbocycles. The highest BCUT2D eigenvalue weighted by molar-refractivity contribution is 5.29. The molecule has 0 aliphatic heterocycles. The van der Waals surface area contributed by atoms with Crippen LogP contribution in [0.25, 0.3) is 0 Å². The number of hydrogen-bond donors (Lipinski definition) is 1. The summed E-state index contributed by atoms with van der Waals surface area (Å²) in [6.07, 6.45) is 5.67. The molecule has 0 bridgehead atoms. The Bertz CT molecular complexity index is 558. The van der Waals surface area contributed by atoms with Gasteiger partial charge >= 0.3 is 0 Å². The van der Waals surface area contributed by atoms with Gasteiger partial charge in [0.1, 0.15) is 0 Å². The van der Waals surface area contributed by atoms with E-state index in [1.807, 2.05) is 18.3 Å². The maximum Gasteiger partial charge on any atom is 0.0644 e. The number of benzene rings is 1. The molecule has 1 heterocycles. The molecule has 3 rings (SSSR count). The second kappa shape index (κ2) is 5.35. The molecule has 0 spiro atoms. The number of methoxy groups -OCH3 is 1. The fourth-order valence-corrected chi connectivity index (χ4v) is 3.20.